The van der Waals surface area contributed by atoms with Gasteiger partial charge in [-0.3, -0.25) is 19.8 Å². The van der Waals surface area contributed by atoms with E-state index in [0.717, 1.165) is 25.7 Å². The van der Waals surface area contributed by atoms with Gasteiger partial charge in [0.2, 0.25) is 11.8 Å². The van der Waals surface area contributed by atoms with E-state index in [2.05, 4.69) is 5.32 Å². The van der Waals surface area contributed by atoms with Gasteiger partial charge < -0.3 is 10.6 Å². The smallest absolute Gasteiger partial charge is 0.318 e. The lowest BCUT2D eigenvalue weighted by Crippen LogP contribution is -2.56. The fourth-order valence-corrected chi connectivity index (χ4v) is 3.33. The Morgan fingerprint density at radius 2 is 1.64 bits per heavy atom. The number of imide groups is 1. The minimum Gasteiger partial charge on any atom is -0.351 e. The number of hydrogen-bond donors (Lipinski definition) is 2. The summed E-state index contributed by atoms with van der Waals surface area (Å²) in [5, 5.41) is 2.10. The van der Waals surface area contributed by atoms with Crippen LogP contribution in [0, 0.1) is 5.92 Å². The molecule has 22 heavy (non-hydrogen) atoms. The minimum absolute atomic E-state index is 0.191. The maximum atomic E-state index is 12.5. The first-order valence-electron chi connectivity index (χ1n) is 8.12. The number of rotatable bonds is 3. The number of nitrogens with one attached hydrogen (secondary N) is 1. The highest BCUT2D eigenvalue weighted by Gasteiger charge is 2.31. The zero-order valence-corrected chi connectivity index (χ0v) is 13.2. The molecule has 1 aliphatic carbocycles. The third-order valence-electron chi connectivity index (χ3n) is 4.75. The van der Waals surface area contributed by atoms with Gasteiger partial charge in [0.15, 0.2) is 0 Å². The second-order valence-corrected chi connectivity index (χ2v) is 6.23. The number of carbonyl (C=O) groups is 3. The maximum Gasteiger partial charge on any atom is 0.318 e. The average molecular weight is 310 g/mol. The van der Waals surface area contributed by atoms with Gasteiger partial charge >= 0.3 is 6.03 Å². The molecule has 1 unspecified atom stereocenters. The Morgan fingerprint density at radius 3 is 2.18 bits per heavy atom. The average Bonchev–Trinajstić information content (AvgIpc) is 2.54. The predicted octanol–water partition coefficient (Wildman–Crippen LogP) is 0.294. The van der Waals surface area contributed by atoms with Crippen LogP contribution in [0.4, 0.5) is 4.79 Å². The molecule has 0 bridgehead atoms. The molecule has 124 valence electrons. The van der Waals surface area contributed by atoms with Crippen LogP contribution in [-0.2, 0) is 9.59 Å². The van der Waals surface area contributed by atoms with E-state index in [9.17, 15) is 14.4 Å². The van der Waals surface area contributed by atoms with Gasteiger partial charge in [0.25, 0.3) is 0 Å². The van der Waals surface area contributed by atoms with Gasteiger partial charge in [-0.15, -0.1) is 0 Å². The summed E-state index contributed by atoms with van der Waals surface area (Å²) in [5.41, 5.74) is 4.96. The topological polar surface area (TPSA) is 95.7 Å². The lowest BCUT2D eigenvalue weighted by Gasteiger charge is -2.39. The molecule has 1 saturated carbocycles. The quantitative estimate of drug-likeness (QED) is 0.783. The van der Waals surface area contributed by atoms with Crippen molar-refractivity contribution >= 4 is 17.8 Å². The van der Waals surface area contributed by atoms with Crippen LogP contribution < -0.4 is 11.1 Å². The number of amides is 4. The lowest BCUT2D eigenvalue weighted by atomic mass is 9.88. The van der Waals surface area contributed by atoms with Gasteiger partial charge in [0.05, 0.1) is 6.04 Å². The number of carbonyl (C=O) groups excluding carboxylic acids is 3. The molecule has 1 aliphatic heterocycles. The molecule has 2 aliphatic rings. The van der Waals surface area contributed by atoms with E-state index in [-0.39, 0.29) is 17.7 Å². The third kappa shape index (κ3) is 4.19. The number of nitrogens with zero attached hydrogens (tertiary/aromatic N) is 2. The normalized spacial score (nSPS) is 22.1. The van der Waals surface area contributed by atoms with Gasteiger partial charge in [0, 0.05) is 32.1 Å². The van der Waals surface area contributed by atoms with Gasteiger partial charge in [-0.1, -0.05) is 19.3 Å². The zero-order chi connectivity index (χ0) is 16.1. The molecule has 0 aromatic heterocycles. The van der Waals surface area contributed by atoms with Crippen LogP contribution in [0.3, 0.4) is 0 Å². The van der Waals surface area contributed by atoms with Gasteiger partial charge in [-0.05, 0) is 19.8 Å². The molecule has 2 rings (SSSR count). The second-order valence-electron chi connectivity index (χ2n) is 6.23. The highest BCUT2D eigenvalue weighted by atomic mass is 16.2. The number of nitrogens with two attached hydrogens (primary N) is 1. The third-order valence-corrected chi connectivity index (χ3v) is 4.75. The predicted molar refractivity (Wildman–Crippen MR) is 81.9 cm³/mol. The summed E-state index contributed by atoms with van der Waals surface area (Å²) in [6.45, 7) is 4.32. The van der Waals surface area contributed by atoms with E-state index < -0.39 is 12.1 Å². The van der Waals surface area contributed by atoms with Crippen LogP contribution in [0.5, 0.6) is 0 Å². The van der Waals surface area contributed by atoms with Crippen LogP contribution in [0.15, 0.2) is 0 Å². The van der Waals surface area contributed by atoms with Crippen molar-refractivity contribution in [1.29, 1.82) is 0 Å². The second kappa shape index (κ2) is 7.58. The first-order valence-corrected chi connectivity index (χ1v) is 8.12. The number of urea groups is 1. The summed E-state index contributed by atoms with van der Waals surface area (Å²) in [7, 11) is 0. The molecule has 3 N–H and O–H groups in total. The van der Waals surface area contributed by atoms with E-state index in [0.29, 0.717) is 26.2 Å². The first-order chi connectivity index (χ1) is 10.5. The Labute approximate surface area is 131 Å². The van der Waals surface area contributed by atoms with Crippen molar-refractivity contribution in [3.63, 3.8) is 0 Å². The van der Waals surface area contributed by atoms with Crippen molar-refractivity contribution < 1.29 is 14.4 Å². The van der Waals surface area contributed by atoms with Crippen molar-refractivity contribution in [1.82, 2.24) is 15.1 Å². The highest BCUT2D eigenvalue weighted by molar-refractivity contribution is 5.96. The molecular formula is C15H26N4O3. The van der Waals surface area contributed by atoms with Crippen LogP contribution in [0.1, 0.15) is 39.0 Å². The molecular weight excluding hydrogens is 284 g/mol. The van der Waals surface area contributed by atoms with E-state index in [4.69, 9.17) is 5.73 Å². The Kier molecular flexibility index (Phi) is 5.76. The monoisotopic (exact) mass is 310 g/mol. The van der Waals surface area contributed by atoms with E-state index in [1.54, 1.807) is 6.92 Å². The first kappa shape index (κ1) is 16.7. The van der Waals surface area contributed by atoms with Crippen LogP contribution in [0.25, 0.3) is 0 Å². The van der Waals surface area contributed by atoms with Gasteiger partial charge in [0.1, 0.15) is 0 Å². The molecule has 4 amide bonds. The summed E-state index contributed by atoms with van der Waals surface area (Å²) in [5.74, 6) is 0.0732. The van der Waals surface area contributed by atoms with Crippen LogP contribution in [0.2, 0.25) is 0 Å². The van der Waals surface area contributed by atoms with Crippen molar-refractivity contribution in [2.45, 2.75) is 45.1 Å². The Bertz CT molecular complexity index is 427. The largest absolute Gasteiger partial charge is 0.351 e. The molecule has 1 atom stereocenters. The molecule has 2 fully saturated rings. The van der Waals surface area contributed by atoms with Gasteiger partial charge in [-0.25, -0.2) is 4.79 Å². The molecule has 1 heterocycles. The number of hydrogen-bond acceptors (Lipinski definition) is 4. The molecule has 7 nitrogen and oxygen atoms in total. The van der Waals surface area contributed by atoms with Crippen molar-refractivity contribution in [2.24, 2.45) is 11.7 Å². The Balaban J connectivity index is 1.80. The van der Waals surface area contributed by atoms with Crippen molar-refractivity contribution in [3.05, 3.63) is 0 Å². The van der Waals surface area contributed by atoms with Crippen LogP contribution >= 0.6 is 0 Å². The SMILES string of the molecule is CC(C(=O)NC(N)=O)N1CCN(C(=O)C2CCCCC2)CC1. The highest BCUT2D eigenvalue weighted by Crippen LogP contribution is 2.25. The number of piperazine rings is 1. The fourth-order valence-electron chi connectivity index (χ4n) is 3.33. The van der Waals surface area contributed by atoms with Gasteiger partial charge in [-0.2, -0.15) is 0 Å². The fraction of sp³-hybridized carbons (Fsp3) is 0.800. The molecule has 0 spiro atoms. The van der Waals surface area contributed by atoms with Crippen LogP contribution in [-0.4, -0.2) is 59.9 Å². The molecule has 7 heteroatoms. The molecule has 0 aromatic rings. The standard InChI is InChI=1S/C15H26N4O3/c1-11(13(20)17-15(16)22)18-7-9-19(10-8-18)14(21)12-5-3-2-4-6-12/h11-12H,2-10H2,1H3,(H3,16,17,20,22). The molecule has 1 saturated heterocycles. The van der Waals surface area contributed by atoms with E-state index in [1.165, 1.54) is 6.42 Å². The summed E-state index contributed by atoms with van der Waals surface area (Å²) in [4.78, 5) is 38.9. The number of primary amides is 1. The lowest BCUT2D eigenvalue weighted by molar-refractivity contribution is -0.139. The zero-order valence-electron chi connectivity index (χ0n) is 13.2. The summed E-state index contributed by atoms with van der Waals surface area (Å²) in [6.07, 6.45) is 5.57. The maximum absolute atomic E-state index is 12.5. The van der Waals surface area contributed by atoms with E-state index >= 15 is 0 Å². The molecule has 0 radical (unpaired) electrons. The summed E-state index contributed by atoms with van der Waals surface area (Å²) >= 11 is 0. The molecule has 0 aromatic carbocycles. The van der Waals surface area contributed by atoms with Crippen molar-refractivity contribution in [2.75, 3.05) is 26.2 Å². The minimum atomic E-state index is -0.831. The summed E-state index contributed by atoms with van der Waals surface area (Å²) in [6, 6.07) is -1.25. The Hall–Kier alpha value is -1.63. The van der Waals surface area contributed by atoms with Crippen molar-refractivity contribution in [3.8, 4) is 0 Å². The Morgan fingerprint density at radius 1 is 1.05 bits per heavy atom. The summed E-state index contributed by atoms with van der Waals surface area (Å²) < 4.78 is 0. The van der Waals surface area contributed by atoms with E-state index in [1.807, 2.05) is 9.80 Å².